The molecule has 0 aliphatic carbocycles. The highest BCUT2D eigenvalue weighted by molar-refractivity contribution is 7.99. The van der Waals surface area contributed by atoms with Gasteiger partial charge < -0.3 is 0 Å². The second kappa shape index (κ2) is 7.74. The molecule has 19 heavy (non-hydrogen) atoms. The van der Waals surface area contributed by atoms with Crippen LogP contribution in [0.5, 0.6) is 0 Å². The number of nitrogens with one attached hydrogen (secondary N) is 1. The first kappa shape index (κ1) is 16.3. The number of hydrogen-bond acceptors (Lipinski definition) is 4. The highest BCUT2D eigenvalue weighted by Crippen LogP contribution is 2.27. The molecule has 0 spiro atoms. The fraction of sp³-hybridized carbons (Fsp3) is 0.571. The molecule has 1 aromatic heterocycles. The van der Waals surface area contributed by atoms with Crippen LogP contribution in [-0.2, 0) is 0 Å². The Balaban J connectivity index is 2.56. The molecular formula is C14H20ClN3S. The summed E-state index contributed by atoms with van der Waals surface area (Å²) in [6, 6.07) is 6.12. The molecule has 2 atom stereocenters. The van der Waals surface area contributed by atoms with Gasteiger partial charge in [0.25, 0.3) is 0 Å². The van der Waals surface area contributed by atoms with Crippen molar-refractivity contribution in [2.75, 3.05) is 6.54 Å². The van der Waals surface area contributed by atoms with Gasteiger partial charge in [0.05, 0.1) is 16.1 Å². The van der Waals surface area contributed by atoms with Crippen molar-refractivity contribution < 1.29 is 0 Å². The predicted octanol–water partition coefficient (Wildman–Crippen LogP) is 3.89. The molecule has 0 bridgehead atoms. The van der Waals surface area contributed by atoms with Crippen molar-refractivity contribution in [3.05, 3.63) is 23.4 Å². The number of nitriles is 1. The summed E-state index contributed by atoms with van der Waals surface area (Å²) in [6.07, 6.45) is 3.45. The average Bonchev–Trinajstić information content (AvgIpc) is 2.39. The van der Waals surface area contributed by atoms with Crippen LogP contribution in [0.4, 0.5) is 0 Å². The second-order valence-corrected chi connectivity index (χ2v) is 6.71. The molecule has 0 aliphatic rings. The van der Waals surface area contributed by atoms with Crippen LogP contribution in [0.1, 0.15) is 33.6 Å². The lowest BCUT2D eigenvalue weighted by atomic mass is 9.98. The first-order chi connectivity index (χ1) is 8.99. The Kier molecular flexibility index (Phi) is 6.64. The summed E-state index contributed by atoms with van der Waals surface area (Å²) in [6.45, 7) is 7.03. The van der Waals surface area contributed by atoms with E-state index in [0.717, 1.165) is 24.4 Å². The lowest BCUT2D eigenvalue weighted by molar-refractivity contribution is 0.418. The molecule has 1 aromatic rings. The summed E-state index contributed by atoms with van der Waals surface area (Å²) < 4.78 is 0. The molecule has 104 valence electrons. The molecule has 2 unspecified atom stereocenters. The van der Waals surface area contributed by atoms with Crippen LogP contribution in [0.15, 0.2) is 23.4 Å². The van der Waals surface area contributed by atoms with Crippen LogP contribution >= 0.6 is 23.4 Å². The van der Waals surface area contributed by atoms with E-state index in [1.165, 1.54) is 0 Å². The normalized spacial score (nSPS) is 15.5. The molecule has 0 radical (unpaired) electrons. The van der Waals surface area contributed by atoms with Gasteiger partial charge in [-0.05, 0) is 38.4 Å². The van der Waals surface area contributed by atoms with Crippen molar-refractivity contribution >= 4 is 23.4 Å². The number of pyridine rings is 1. The number of halogens is 1. The summed E-state index contributed by atoms with van der Waals surface area (Å²) in [4.78, 5) is 4.26. The van der Waals surface area contributed by atoms with Crippen molar-refractivity contribution in [3.8, 4) is 6.07 Å². The lowest BCUT2D eigenvalue weighted by Gasteiger charge is -2.26. The van der Waals surface area contributed by atoms with Crippen LogP contribution < -0.4 is 5.32 Å². The monoisotopic (exact) mass is 297 g/mol. The molecule has 0 aliphatic heterocycles. The molecule has 1 heterocycles. The zero-order valence-corrected chi connectivity index (χ0v) is 13.2. The van der Waals surface area contributed by atoms with Crippen LogP contribution in [0.3, 0.4) is 0 Å². The van der Waals surface area contributed by atoms with Crippen LogP contribution in [0, 0.1) is 11.3 Å². The Labute approximate surface area is 124 Å². The third-order valence-corrected chi connectivity index (χ3v) is 4.01. The van der Waals surface area contributed by atoms with Gasteiger partial charge in [0, 0.05) is 11.4 Å². The molecular weight excluding hydrogens is 278 g/mol. The topological polar surface area (TPSA) is 48.7 Å². The first-order valence-electron chi connectivity index (χ1n) is 6.43. The standard InChI is InChI=1S/C14H20ClN3S/c1-4-7-18-14(3,10-16)8-11(2)19-13-6-5-12(15)9-17-13/h5-6,9,11,18H,4,7-8H2,1-3H3. The summed E-state index contributed by atoms with van der Waals surface area (Å²) in [5.41, 5.74) is -0.477. The average molecular weight is 298 g/mol. The molecule has 0 fully saturated rings. The molecule has 0 amide bonds. The minimum atomic E-state index is -0.477. The highest BCUT2D eigenvalue weighted by Gasteiger charge is 2.26. The Morgan fingerprint density at radius 3 is 2.84 bits per heavy atom. The van der Waals surface area contributed by atoms with Gasteiger partial charge in [0.1, 0.15) is 5.54 Å². The fourth-order valence-electron chi connectivity index (χ4n) is 1.81. The molecule has 1 rings (SSSR count). The number of nitrogens with zero attached hydrogens (tertiary/aromatic N) is 2. The fourth-order valence-corrected chi connectivity index (χ4v) is 3.01. The van der Waals surface area contributed by atoms with Crippen molar-refractivity contribution in [2.45, 2.75) is 49.4 Å². The second-order valence-electron chi connectivity index (χ2n) is 4.82. The number of rotatable bonds is 7. The van der Waals surface area contributed by atoms with E-state index in [2.05, 4.69) is 30.2 Å². The zero-order valence-electron chi connectivity index (χ0n) is 11.6. The quantitative estimate of drug-likeness (QED) is 0.776. The van der Waals surface area contributed by atoms with Gasteiger partial charge in [-0.3, -0.25) is 5.32 Å². The largest absolute Gasteiger partial charge is 0.300 e. The maximum Gasteiger partial charge on any atom is 0.104 e. The summed E-state index contributed by atoms with van der Waals surface area (Å²) in [5, 5.41) is 14.5. The summed E-state index contributed by atoms with van der Waals surface area (Å²) in [7, 11) is 0. The minimum absolute atomic E-state index is 0.308. The summed E-state index contributed by atoms with van der Waals surface area (Å²) in [5.74, 6) is 0. The SMILES string of the molecule is CCCNC(C)(C#N)CC(C)Sc1ccc(Cl)cn1. The van der Waals surface area contributed by atoms with Crippen molar-refractivity contribution in [1.82, 2.24) is 10.3 Å². The van der Waals surface area contributed by atoms with E-state index < -0.39 is 5.54 Å². The minimum Gasteiger partial charge on any atom is -0.300 e. The summed E-state index contributed by atoms with van der Waals surface area (Å²) >= 11 is 7.48. The Morgan fingerprint density at radius 1 is 1.58 bits per heavy atom. The molecule has 0 saturated carbocycles. The first-order valence-corrected chi connectivity index (χ1v) is 7.69. The van der Waals surface area contributed by atoms with E-state index >= 15 is 0 Å². The zero-order chi connectivity index (χ0) is 14.3. The van der Waals surface area contributed by atoms with Crippen molar-refractivity contribution in [2.24, 2.45) is 0 Å². The van der Waals surface area contributed by atoms with Gasteiger partial charge in [0.15, 0.2) is 0 Å². The molecule has 0 saturated heterocycles. The van der Waals surface area contributed by atoms with E-state index in [4.69, 9.17) is 11.6 Å². The molecule has 0 aromatic carbocycles. The smallest absolute Gasteiger partial charge is 0.104 e. The maximum absolute atomic E-state index is 9.31. The highest BCUT2D eigenvalue weighted by atomic mass is 35.5. The van der Waals surface area contributed by atoms with Gasteiger partial charge in [-0.2, -0.15) is 5.26 Å². The van der Waals surface area contributed by atoms with Crippen molar-refractivity contribution in [1.29, 1.82) is 5.26 Å². The Bertz CT molecular complexity index is 429. The van der Waals surface area contributed by atoms with Crippen molar-refractivity contribution in [3.63, 3.8) is 0 Å². The van der Waals surface area contributed by atoms with Crippen LogP contribution in [0.25, 0.3) is 0 Å². The van der Waals surface area contributed by atoms with E-state index in [0.29, 0.717) is 10.3 Å². The third-order valence-electron chi connectivity index (χ3n) is 2.73. The third kappa shape index (κ3) is 5.82. The number of aromatic nitrogens is 1. The van der Waals surface area contributed by atoms with Crippen LogP contribution in [0.2, 0.25) is 5.02 Å². The van der Waals surface area contributed by atoms with Gasteiger partial charge in [-0.25, -0.2) is 4.98 Å². The number of thioether (sulfide) groups is 1. The maximum atomic E-state index is 9.31. The van der Waals surface area contributed by atoms with Crippen LogP contribution in [-0.4, -0.2) is 22.3 Å². The predicted molar refractivity (Wildman–Crippen MR) is 81.5 cm³/mol. The number of hydrogen-bond donors (Lipinski definition) is 1. The van der Waals surface area contributed by atoms with Gasteiger partial charge in [-0.1, -0.05) is 25.4 Å². The molecule has 3 nitrogen and oxygen atoms in total. The van der Waals surface area contributed by atoms with Gasteiger partial charge >= 0.3 is 0 Å². The Morgan fingerprint density at radius 2 is 2.32 bits per heavy atom. The van der Waals surface area contributed by atoms with E-state index in [9.17, 15) is 5.26 Å². The van der Waals surface area contributed by atoms with Gasteiger partial charge in [0.2, 0.25) is 0 Å². The molecule has 5 heteroatoms. The van der Waals surface area contributed by atoms with E-state index in [1.807, 2.05) is 19.1 Å². The van der Waals surface area contributed by atoms with Gasteiger partial charge in [-0.15, -0.1) is 11.8 Å². The molecule has 1 N–H and O–H groups in total. The van der Waals surface area contributed by atoms with E-state index in [1.54, 1.807) is 18.0 Å². The lowest BCUT2D eigenvalue weighted by Crippen LogP contribution is -2.43. The Hall–Kier alpha value is -0.760. The van der Waals surface area contributed by atoms with E-state index in [-0.39, 0.29) is 0 Å².